The summed E-state index contributed by atoms with van der Waals surface area (Å²) >= 11 is 11.7. The van der Waals surface area contributed by atoms with Gasteiger partial charge in [-0.05, 0) is 23.1 Å². The number of hydrogen-bond donors (Lipinski definition) is 2. The van der Waals surface area contributed by atoms with Gasteiger partial charge in [-0.2, -0.15) is 0 Å². The highest BCUT2D eigenvalue weighted by Gasteiger charge is 2.18. The first kappa shape index (κ1) is 15.7. The van der Waals surface area contributed by atoms with Gasteiger partial charge in [0.1, 0.15) is 0 Å². The van der Waals surface area contributed by atoms with Crippen LogP contribution in [0.1, 0.15) is 16.1 Å². The minimum atomic E-state index is -1.02. The highest BCUT2D eigenvalue weighted by molar-refractivity contribution is 6.36. The van der Waals surface area contributed by atoms with Crippen molar-refractivity contribution in [3.05, 3.63) is 55.7 Å². The maximum Gasteiger partial charge on any atom is 0.388 e. The molecule has 0 aliphatic carbocycles. The van der Waals surface area contributed by atoms with Gasteiger partial charge in [0.15, 0.2) is 5.84 Å². The van der Waals surface area contributed by atoms with E-state index in [-0.39, 0.29) is 16.6 Å². The average Bonchev–Trinajstić information content (AvgIpc) is 2.94. The van der Waals surface area contributed by atoms with Crippen LogP contribution in [0.15, 0.2) is 29.4 Å². The topological polar surface area (TPSA) is 136 Å². The molecule has 114 valence electrons. The minimum Gasteiger partial charge on any atom is -0.380 e. The highest BCUT2D eigenvalue weighted by Crippen LogP contribution is 2.20. The van der Waals surface area contributed by atoms with Gasteiger partial charge >= 0.3 is 11.8 Å². The summed E-state index contributed by atoms with van der Waals surface area (Å²) in [4.78, 5) is 25.9. The third-order valence-electron chi connectivity index (χ3n) is 2.40. The second-order valence-electron chi connectivity index (χ2n) is 3.87. The molecule has 0 saturated carbocycles. The Hall–Kier alpha value is -2.65. The fourth-order valence-electron chi connectivity index (χ4n) is 1.39. The average molecular weight is 344 g/mol. The Bertz CT molecular complexity index is 774. The molecule has 1 heterocycles. The molecule has 0 aliphatic rings. The van der Waals surface area contributed by atoms with Crippen molar-refractivity contribution >= 4 is 40.8 Å². The van der Waals surface area contributed by atoms with Crippen molar-refractivity contribution in [2.24, 2.45) is 10.9 Å². The van der Waals surface area contributed by atoms with E-state index < -0.39 is 16.7 Å². The number of nitrogens with two attached hydrogens (primary N) is 1. The van der Waals surface area contributed by atoms with Crippen LogP contribution in [0.2, 0.25) is 10.0 Å². The van der Waals surface area contributed by atoms with Gasteiger partial charge in [-0.3, -0.25) is 0 Å². The van der Waals surface area contributed by atoms with Gasteiger partial charge in [0, 0.05) is 10.6 Å². The molecule has 3 N–H and O–H groups in total. The number of carbonyl (C=O) groups is 1. The fraction of sp³-hybridized carbons (Fsp3) is 0. The minimum absolute atomic E-state index is 0.167. The monoisotopic (exact) mass is 343 g/mol. The number of aromatic nitrogens is 2. The van der Waals surface area contributed by atoms with Crippen molar-refractivity contribution in [2.75, 3.05) is 0 Å². The number of oxime groups is 1. The van der Waals surface area contributed by atoms with E-state index in [1.54, 1.807) is 0 Å². The number of benzene rings is 1. The van der Waals surface area contributed by atoms with E-state index in [1.807, 2.05) is 0 Å². The van der Waals surface area contributed by atoms with Crippen LogP contribution in [-0.4, -0.2) is 26.9 Å². The Morgan fingerprint density at radius 2 is 2.14 bits per heavy atom. The first-order chi connectivity index (χ1) is 10.4. The number of nitro groups is 1. The lowest BCUT2D eigenvalue weighted by atomic mass is 10.2. The molecule has 1 aromatic carbocycles. The van der Waals surface area contributed by atoms with Crippen LogP contribution in [0.5, 0.6) is 0 Å². The van der Waals surface area contributed by atoms with E-state index in [4.69, 9.17) is 28.9 Å². The Morgan fingerprint density at radius 1 is 1.41 bits per heavy atom. The molecule has 0 atom stereocenters. The second-order valence-corrected chi connectivity index (χ2v) is 4.72. The molecule has 1 aromatic heterocycles. The Morgan fingerprint density at radius 3 is 2.73 bits per heavy atom. The van der Waals surface area contributed by atoms with E-state index in [0.717, 1.165) is 6.07 Å². The number of aromatic amines is 1. The van der Waals surface area contributed by atoms with Crippen molar-refractivity contribution in [2.45, 2.75) is 0 Å². The molecule has 22 heavy (non-hydrogen) atoms. The van der Waals surface area contributed by atoms with E-state index in [1.165, 1.54) is 18.2 Å². The summed E-state index contributed by atoms with van der Waals surface area (Å²) in [6.45, 7) is 0. The Balaban J connectivity index is 2.12. The predicted molar refractivity (Wildman–Crippen MR) is 77.8 cm³/mol. The number of rotatable bonds is 4. The third-order valence-corrected chi connectivity index (χ3v) is 2.95. The van der Waals surface area contributed by atoms with Crippen molar-refractivity contribution in [3.8, 4) is 0 Å². The van der Waals surface area contributed by atoms with Crippen LogP contribution in [-0.2, 0) is 4.84 Å². The largest absolute Gasteiger partial charge is 0.388 e. The van der Waals surface area contributed by atoms with Crippen molar-refractivity contribution in [1.29, 1.82) is 0 Å². The summed E-state index contributed by atoms with van der Waals surface area (Å²) in [6, 6.07) is 5.38. The van der Waals surface area contributed by atoms with Crippen LogP contribution >= 0.6 is 23.2 Å². The molecule has 0 amide bonds. The highest BCUT2D eigenvalue weighted by atomic mass is 35.5. The van der Waals surface area contributed by atoms with E-state index in [0.29, 0.717) is 10.6 Å². The van der Waals surface area contributed by atoms with E-state index in [9.17, 15) is 14.9 Å². The van der Waals surface area contributed by atoms with Gasteiger partial charge < -0.3 is 20.7 Å². The number of H-pyrrole nitrogens is 1. The van der Waals surface area contributed by atoms with E-state index in [2.05, 4.69) is 20.2 Å². The molecular weight excluding hydrogens is 337 g/mol. The van der Waals surface area contributed by atoms with E-state index >= 15 is 0 Å². The van der Waals surface area contributed by atoms with Gasteiger partial charge in [-0.1, -0.05) is 33.5 Å². The molecule has 9 nitrogen and oxygen atoms in total. The van der Waals surface area contributed by atoms with Crippen molar-refractivity contribution in [1.82, 2.24) is 10.2 Å². The van der Waals surface area contributed by atoms with Gasteiger partial charge in [0.25, 0.3) is 0 Å². The molecule has 0 fully saturated rings. The molecule has 0 spiro atoms. The number of amidine groups is 1. The molecular formula is C11H7Cl2N5O4. The van der Waals surface area contributed by atoms with Crippen LogP contribution in [0.25, 0.3) is 0 Å². The lowest BCUT2D eigenvalue weighted by Crippen LogP contribution is -2.16. The number of nitrogens with one attached hydrogen (secondary N) is 1. The maximum absolute atomic E-state index is 11.6. The van der Waals surface area contributed by atoms with Gasteiger partial charge in [0.05, 0.1) is 11.1 Å². The molecule has 0 unspecified atom stereocenters. The zero-order valence-electron chi connectivity index (χ0n) is 10.6. The zero-order chi connectivity index (χ0) is 16.3. The second kappa shape index (κ2) is 6.41. The third kappa shape index (κ3) is 3.51. The number of hydrogen-bond acceptors (Lipinski definition) is 6. The number of carbonyl (C=O) groups excluding carboxylic acids is 1. The summed E-state index contributed by atoms with van der Waals surface area (Å²) in [5, 5.41) is 20.0. The first-order valence-corrected chi connectivity index (χ1v) is 6.34. The van der Waals surface area contributed by atoms with Crippen LogP contribution < -0.4 is 5.73 Å². The summed E-state index contributed by atoms with van der Waals surface area (Å²) in [6.07, 6.45) is 0. The molecule has 0 radical (unpaired) electrons. The zero-order valence-corrected chi connectivity index (χ0v) is 12.1. The number of halogens is 2. The van der Waals surface area contributed by atoms with Crippen LogP contribution in [0, 0.1) is 10.1 Å². The Labute approximate surface area is 132 Å². The summed E-state index contributed by atoms with van der Waals surface area (Å²) in [5.41, 5.74) is 5.63. The summed E-state index contributed by atoms with van der Waals surface area (Å²) in [7, 11) is 0. The summed E-state index contributed by atoms with van der Waals surface area (Å²) in [5.74, 6) is -1.64. The normalized spacial score (nSPS) is 11.3. The van der Waals surface area contributed by atoms with Crippen molar-refractivity contribution in [3.63, 3.8) is 0 Å². The van der Waals surface area contributed by atoms with Crippen LogP contribution in [0.3, 0.4) is 0 Å². The van der Waals surface area contributed by atoms with Crippen molar-refractivity contribution < 1.29 is 14.6 Å². The smallest absolute Gasteiger partial charge is 0.380 e. The van der Waals surface area contributed by atoms with Gasteiger partial charge in [-0.25, -0.2) is 4.79 Å². The van der Waals surface area contributed by atoms with Gasteiger partial charge in [-0.15, -0.1) is 5.10 Å². The quantitative estimate of drug-likeness (QED) is 0.286. The molecule has 0 saturated heterocycles. The predicted octanol–water partition coefficient (Wildman–Crippen LogP) is 2.10. The molecule has 0 bridgehead atoms. The van der Waals surface area contributed by atoms with Gasteiger partial charge in [0.2, 0.25) is 5.69 Å². The lowest BCUT2D eigenvalue weighted by Gasteiger charge is -2.03. The fourth-order valence-corrected chi connectivity index (χ4v) is 1.90. The molecule has 2 rings (SSSR count). The van der Waals surface area contributed by atoms with Crippen LogP contribution in [0.4, 0.5) is 5.82 Å². The Kier molecular flexibility index (Phi) is 4.59. The molecule has 2 aromatic rings. The first-order valence-electron chi connectivity index (χ1n) is 5.58. The lowest BCUT2D eigenvalue weighted by molar-refractivity contribution is -0.389. The SMILES string of the molecule is N/C(=N\OC(=O)c1cc([N+](=O)[O-])[nH]n1)c1ccc(Cl)cc1Cl. The standard InChI is InChI=1S/C11H7Cl2N5O4/c12-5-1-2-6(7(13)3-5)10(14)17-22-11(19)8-4-9(16-15-8)18(20)21/h1-4H,(H2,14,17)(H,15,16). The number of nitrogens with zero attached hydrogens (tertiary/aromatic N) is 3. The summed E-state index contributed by atoms with van der Waals surface area (Å²) < 4.78 is 0. The maximum atomic E-state index is 11.6. The molecule has 11 heteroatoms. The molecule has 0 aliphatic heterocycles.